The third-order valence-electron chi connectivity index (χ3n) is 3.91. The van der Waals surface area contributed by atoms with E-state index in [1.54, 1.807) is 26.0 Å². The van der Waals surface area contributed by atoms with Crippen molar-refractivity contribution in [2.45, 2.75) is 27.0 Å². The van der Waals surface area contributed by atoms with Crippen LogP contribution < -0.4 is 20.7 Å². The predicted octanol–water partition coefficient (Wildman–Crippen LogP) is 4.33. The minimum atomic E-state index is -2.99. The first-order chi connectivity index (χ1) is 14.7. The molecule has 0 heterocycles. The number of aliphatic imine (C=N–C) groups is 1. The maximum Gasteiger partial charge on any atom is 0.387 e. The Labute approximate surface area is 198 Å². The van der Waals surface area contributed by atoms with Gasteiger partial charge in [0.05, 0.1) is 18.8 Å². The number of benzene rings is 2. The zero-order valence-electron chi connectivity index (χ0n) is 17.1. The number of nitrogens with zero attached hydrogens (tertiary/aromatic N) is 1. The molecule has 0 unspecified atom stereocenters. The highest BCUT2D eigenvalue weighted by atomic mass is 127. The third-order valence-corrected chi connectivity index (χ3v) is 3.91. The molecule has 0 aliphatic carbocycles. The van der Waals surface area contributed by atoms with Crippen molar-refractivity contribution in [1.29, 1.82) is 0 Å². The minimum Gasteiger partial charge on any atom is -0.434 e. The molecule has 3 N–H and O–H groups in total. The Morgan fingerprint density at radius 3 is 2.47 bits per heavy atom. The molecule has 0 bridgehead atoms. The van der Waals surface area contributed by atoms with E-state index >= 15 is 0 Å². The fourth-order valence-electron chi connectivity index (χ4n) is 2.53. The molecule has 0 saturated heterocycles. The number of hydrogen-bond donors (Lipinski definition) is 3. The van der Waals surface area contributed by atoms with Crippen molar-refractivity contribution in [2.75, 3.05) is 18.4 Å². The number of aryl methyl sites for hydroxylation is 1. The largest absolute Gasteiger partial charge is 0.434 e. The Kier molecular flexibility index (Phi) is 11.2. The average Bonchev–Trinajstić information content (AvgIpc) is 2.72. The van der Waals surface area contributed by atoms with Crippen LogP contribution >= 0.6 is 24.0 Å². The Morgan fingerprint density at radius 1 is 1.09 bits per heavy atom. The fourth-order valence-corrected chi connectivity index (χ4v) is 2.53. The summed E-state index contributed by atoms with van der Waals surface area (Å²) in [5.41, 5.74) is 0.713. The summed E-state index contributed by atoms with van der Waals surface area (Å²) in [7, 11) is 0. The van der Waals surface area contributed by atoms with Crippen LogP contribution in [0.15, 0.2) is 35.3 Å². The summed E-state index contributed by atoms with van der Waals surface area (Å²) in [4.78, 5) is 16.2. The molecule has 0 aliphatic rings. The van der Waals surface area contributed by atoms with Gasteiger partial charge in [-0.15, -0.1) is 24.0 Å². The number of amides is 1. The van der Waals surface area contributed by atoms with Crippen molar-refractivity contribution >= 4 is 41.5 Å². The zero-order valence-corrected chi connectivity index (χ0v) is 19.5. The maximum atomic E-state index is 13.7. The van der Waals surface area contributed by atoms with Crippen molar-refractivity contribution in [3.8, 4) is 5.75 Å². The second-order valence-electron chi connectivity index (χ2n) is 6.31. The molecule has 12 heteroatoms. The van der Waals surface area contributed by atoms with Crippen molar-refractivity contribution in [2.24, 2.45) is 4.99 Å². The second-order valence-corrected chi connectivity index (χ2v) is 6.31. The smallest absolute Gasteiger partial charge is 0.387 e. The molecule has 0 spiro atoms. The molecule has 176 valence electrons. The second kappa shape index (κ2) is 13.0. The number of halogens is 6. The van der Waals surface area contributed by atoms with E-state index in [0.29, 0.717) is 18.2 Å². The highest BCUT2D eigenvalue weighted by Gasteiger charge is 2.15. The van der Waals surface area contributed by atoms with E-state index in [9.17, 15) is 26.7 Å². The highest BCUT2D eigenvalue weighted by molar-refractivity contribution is 14.0. The van der Waals surface area contributed by atoms with Gasteiger partial charge < -0.3 is 20.7 Å². The Morgan fingerprint density at radius 2 is 1.81 bits per heavy atom. The molecule has 0 fully saturated rings. The number of carbonyl (C=O) groups excluding carboxylic acids is 1. The zero-order chi connectivity index (χ0) is 23.0. The summed E-state index contributed by atoms with van der Waals surface area (Å²) >= 11 is 0. The van der Waals surface area contributed by atoms with E-state index < -0.39 is 35.7 Å². The molecule has 1 amide bonds. The van der Waals surface area contributed by atoms with Crippen LogP contribution in [0, 0.1) is 24.4 Å². The van der Waals surface area contributed by atoms with Crippen molar-refractivity contribution in [3.63, 3.8) is 0 Å². The number of alkyl halides is 2. The van der Waals surface area contributed by atoms with Crippen molar-refractivity contribution in [3.05, 3.63) is 58.9 Å². The van der Waals surface area contributed by atoms with Gasteiger partial charge in [0.25, 0.3) is 0 Å². The number of guanidine groups is 1. The van der Waals surface area contributed by atoms with E-state index in [1.165, 1.54) is 6.07 Å². The van der Waals surface area contributed by atoms with E-state index in [0.717, 1.165) is 11.6 Å². The van der Waals surface area contributed by atoms with Gasteiger partial charge in [0.1, 0.15) is 5.75 Å². The van der Waals surface area contributed by atoms with E-state index in [-0.39, 0.29) is 48.8 Å². The first-order valence-corrected chi connectivity index (χ1v) is 9.21. The Hall–Kier alpha value is -2.64. The van der Waals surface area contributed by atoms with Gasteiger partial charge >= 0.3 is 6.61 Å². The van der Waals surface area contributed by atoms with E-state index in [4.69, 9.17) is 0 Å². The van der Waals surface area contributed by atoms with Gasteiger partial charge in [0.15, 0.2) is 23.4 Å². The van der Waals surface area contributed by atoms with Gasteiger partial charge in [-0.1, -0.05) is 17.7 Å². The highest BCUT2D eigenvalue weighted by Crippen LogP contribution is 2.23. The number of carbonyl (C=O) groups is 1. The summed E-state index contributed by atoms with van der Waals surface area (Å²) in [6.07, 6.45) is 0. The number of hydrogen-bond acceptors (Lipinski definition) is 3. The van der Waals surface area contributed by atoms with Crippen LogP contribution in [0.3, 0.4) is 0 Å². The number of anilines is 1. The van der Waals surface area contributed by atoms with E-state index in [1.807, 2.05) is 0 Å². The summed E-state index contributed by atoms with van der Waals surface area (Å²) in [6, 6.07) is 6.26. The van der Waals surface area contributed by atoms with Gasteiger partial charge in [-0.25, -0.2) is 18.2 Å². The molecule has 6 nitrogen and oxygen atoms in total. The van der Waals surface area contributed by atoms with Crippen LogP contribution in [0.5, 0.6) is 5.75 Å². The molecule has 0 saturated carbocycles. The van der Waals surface area contributed by atoms with Crippen LogP contribution in [-0.4, -0.2) is 31.6 Å². The Bertz CT molecular complexity index is 960. The molecule has 0 atom stereocenters. The lowest BCUT2D eigenvalue weighted by molar-refractivity contribution is -0.115. The molecule has 2 aromatic carbocycles. The lowest BCUT2D eigenvalue weighted by Crippen LogP contribution is -2.41. The van der Waals surface area contributed by atoms with Gasteiger partial charge in [-0.2, -0.15) is 8.78 Å². The molecular weight excluding hydrogens is 550 g/mol. The van der Waals surface area contributed by atoms with Crippen LogP contribution in [0.2, 0.25) is 0 Å². The van der Waals surface area contributed by atoms with Crippen LogP contribution in [-0.2, 0) is 11.3 Å². The SMILES string of the molecule is CCNC(=NCc1cc(C)ccc1OC(F)F)NCC(=O)Nc1ccc(F)c(F)c1F.I. The lowest BCUT2D eigenvalue weighted by Gasteiger charge is -2.13. The van der Waals surface area contributed by atoms with Crippen molar-refractivity contribution < 1.29 is 31.5 Å². The molecule has 32 heavy (non-hydrogen) atoms. The Balaban J connectivity index is 0.00000512. The number of ether oxygens (including phenoxy) is 1. The van der Waals surface area contributed by atoms with Gasteiger partial charge in [0, 0.05) is 12.1 Å². The minimum absolute atomic E-state index is 0. The first-order valence-electron chi connectivity index (χ1n) is 9.21. The van der Waals surface area contributed by atoms with Gasteiger partial charge in [0.2, 0.25) is 5.91 Å². The standard InChI is InChI=1S/C20H21F5N4O2.HI/c1-3-26-20(27-9-12-8-11(2)4-7-15(12)31-19(24)25)28-10-16(30)29-14-6-5-13(21)17(22)18(14)23;/h4-8,19H,3,9-10H2,1-2H3,(H,29,30)(H2,26,27,28);1H. The van der Waals surface area contributed by atoms with Gasteiger partial charge in [-0.05, 0) is 32.0 Å². The molecule has 0 aromatic heterocycles. The summed E-state index contributed by atoms with van der Waals surface area (Å²) in [5, 5.41) is 7.66. The molecule has 2 aromatic rings. The van der Waals surface area contributed by atoms with Crippen LogP contribution in [0.1, 0.15) is 18.1 Å². The number of rotatable bonds is 8. The lowest BCUT2D eigenvalue weighted by atomic mass is 10.1. The monoisotopic (exact) mass is 572 g/mol. The molecular formula is C20H22F5IN4O2. The topological polar surface area (TPSA) is 74.8 Å². The third kappa shape index (κ3) is 8.13. The van der Waals surface area contributed by atoms with Crippen LogP contribution in [0.4, 0.5) is 27.6 Å². The summed E-state index contributed by atoms with van der Waals surface area (Å²) in [6.45, 7) is 0.588. The molecule has 0 radical (unpaired) electrons. The first kappa shape index (κ1) is 27.4. The van der Waals surface area contributed by atoms with Gasteiger partial charge in [-0.3, -0.25) is 4.79 Å². The fraction of sp³-hybridized carbons (Fsp3) is 0.300. The normalized spacial score (nSPS) is 11.1. The average molecular weight is 572 g/mol. The van der Waals surface area contributed by atoms with E-state index in [2.05, 4.69) is 25.7 Å². The summed E-state index contributed by atoms with van der Waals surface area (Å²) < 4.78 is 69.5. The maximum absolute atomic E-state index is 13.7. The van der Waals surface area contributed by atoms with Crippen molar-refractivity contribution in [1.82, 2.24) is 10.6 Å². The quantitative estimate of drug-likeness (QED) is 0.145. The predicted molar refractivity (Wildman–Crippen MR) is 121 cm³/mol. The molecule has 0 aliphatic heterocycles. The van der Waals surface area contributed by atoms with Crippen LogP contribution in [0.25, 0.3) is 0 Å². The molecule has 2 rings (SSSR count). The number of nitrogens with one attached hydrogen (secondary N) is 3. The summed E-state index contributed by atoms with van der Waals surface area (Å²) in [5.74, 6) is -5.17.